The van der Waals surface area contributed by atoms with Crippen molar-refractivity contribution in [1.29, 1.82) is 0 Å². The number of amides is 1. The van der Waals surface area contributed by atoms with Crippen LogP contribution in [0.15, 0.2) is 71.6 Å². The van der Waals surface area contributed by atoms with Crippen molar-refractivity contribution in [2.45, 2.75) is 26.7 Å². The molecule has 1 amide bonds. The molecular formula is C25H25N3OS. The second kappa shape index (κ2) is 7.82. The number of benzene rings is 1. The van der Waals surface area contributed by atoms with Crippen molar-refractivity contribution in [3.05, 3.63) is 82.2 Å². The molecule has 0 saturated carbocycles. The van der Waals surface area contributed by atoms with Crippen LogP contribution in [0, 0.1) is 12.8 Å². The van der Waals surface area contributed by atoms with Crippen molar-refractivity contribution in [1.82, 2.24) is 15.2 Å². The molecule has 1 atom stereocenters. The highest BCUT2D eigenvalue weighted by molar-refractivity contribution is 7.18. The summed E-state index contributed by atoms with van der Waals surface area (Å²) in [6, 6.07) is 6.34. The molecule has 0 radical (unpaired) electrons. The fourth-order valence-electron chi connectivity index (χ4n) is 4.30. The third-order valence-electron chi connectivity index (χ3n) is 5.97. The van der Waals surface area contributed by atoms with Crippen LogP contribution in [0.1, 0.15) is 30.3 Å². The molecule has 5 heteroatoms. The third-order valence-corrected chi connectivity index (χ3v) is 6.90. The first-order chi connectivity index (χ1) is 14.6. The average Bonchev–Trinajstić information content (AvgIpc) is 3.14. The Kier molecular flexibility index (Phi) is 5.01. The van der Waals surface area contributed by atoms with E-state index >= 15 is 0 Å². The number of carbonyl (C=O) groups is 1. The van der Waals surface area contributed by atoms with Gasteiger partial charge in [0.15, 0.2) is 0 Å². The molecule has 30 heavy (non-hydrogen) atoms. The summed E-state index contributed by atoms with van der Waals surface area (Å²) in [6.45, 7) is 6.10. The minimum absolute atomic E-state index is 0.0137. The van der Waals surface area contributed by atoms with Gasteiger partial charge in [0.25, 0.3) is 5.91 Å². The first-order valence-corrected chi connectivity index (χ1v) is 11.3. The van der Waals surface area contributed by atoms with Gasteiger partial charge in [0.2, 0.25) is 0 Å². The van der Waals surface area contributed by atoms with E-state index < -0.39 is 0 Å². The first-order valence-electron chi connectivity index (χ1n) is 10.5. The molecule has 1 aromatic carbocycles. The summed E-state index contributed by atoms with van der Waals surface area (Å²) in [5.41, 5.74) is 6.64. The van der Waals surface area contributed by atoms with E-state index in [1.165, 1.54) is 10.3 Å². The van der Waals surface area contributed by atoms with Gasteiger partial charge in [0.05, 0.1) is 15.2 Å². The Hall–Kier alpha value is -2.76. The van der Waals surface area contributed by atoms with E-state index in [-0.39, 0.29) is 11.8 Å². The summed E-state index contributed by atoms with van der Waals surface area (Å²) in [4.78, 5) is 19.7. The number of hydrogen-bond acceptors (Lipinski definition) is 4. The van der Waals surface area contributed by atoms with E-state index in [0.29, 0.717) is 0 Å². The number of thiazole rings is 1. The maximum atomic E-state index is 13.3. The predicted molar refractivity (Wildman–Crippen MR) is 124 cm³/mol. The highest BCUT2D eigenvalue weighted by Crippen LogP contribution is 2.34. The van der Waals surface area contributed by atoms with Crippen LogP contribution in [0.2, 0.25) is 0 Å². The zero-order valence-electron chi connectivity index (χ0n) is 17.3. The molecule has 0 bridgehead atoms. The Morgan fingerprint density at radius 3 is 2.97 bits per heavy atom. The molecule has 0 aliphatic carbocycles. The number of allylic oxidation sites excluding steroid dienone is 5. The van der Waals surface area contributed by atoms with E-state index in [1.54, 1.807) is 16.2 Å². The fourth-order valence-corrected chi connectivity index (χ4v) is 5.17. The SMILES string of the molecule is Cc1nc2ccc(C3=CC(=O)N4C=C(C5=CCNCC5)C=CC4=CCC3C)cc2s1. The minimum atomic E-state index is 0.0137. The van der Waals surface area contributed by atoms with Gasteiger partial charge in [-0.05, 0) is 72.7 Å². The molecular weight excluding hydrogens is 390 g/mol. The van der Waals surface area contributed by atoms with Crippen LogP contribution < -0.4 is 5.32 Å². The number of nitrogens with zero attached hydrogens (tertiary/aromatic N) is 2. The molecule has 5 rings (SSSR count). The lowest BCUT2D eigenvalue weighted by molar-refractivity contribution is -0.122. The molecule has 2 aromatic rings. The maximum Gasteiger partial charge on any atom is 0.255 e. The number of aromatic nitrogens is 1. The Morgan fingerprint density at radius 2 is 2.13 bits per heavy atom. The van der Waals surface area contributed by atoms with Crippen molar-refractivity contribution in [3.8, 4) is 0 Å². The van der Waals surface area contributed by atoms with Gasteiger partial charge in [-0.2, -0.15) is 0 Å². The van der Waals surface area contributed by atoms with Crippen LogP contribution in [0.3, 0.4) is 0 Å². The Labute approximate surface area is 181 Å². The van der Waals surface area contributed by atoms with Gasteiger partial charge < -0.3 is 5.32 Å². The van der Waals surface area contributed by atoms with E-state index in [0.717, 1.165) is 58.9 Å². The maximum absolute atomic E-state index is 13.3. The lowest BCUT2D eigenvalue weighted by Gasteiger charge is -2.28. The standard InChI is InChI=1S/C25H25N3OS/c1-16-3-6-21-7-4-20(18-9-11-26-12-10-18)15-28(21)25(29)14-22(16)19-5-8-23-24(13-19)30-17(2)27-23/h4-9,13-16,26H,3,10-12H2,1-2H3. The number of nitrogens with one attached hydrogen (secondary N) is 1. The van der Waals surface area contributed by atoms with Crippen molar-refractivity contribution < 1.29 is 4.79 Å². The van der Waals surface area contributed by atoms with Gasteiger partial charge in [0.1, 0.15) is 0 Å². The molecule has 0 fully saturated rings. The molecule has 1 unspecified atom stereocenters. The summed E-state index contributed by atoms with van der Waals surface area (Å²) in [5, 5.41) is 4.41. The van der Waals surface area contributed by atoms with Crippen LogP contribution in [-0.2, 0) is 4.79 Å². The number of hydrogen-bond donors (Lipinski definition) is 1. The topological polar surface area (TPSA) is 45.2 Å². The normalized spacial score (nSPS) is 22.0. The Bertz CT molecular complexity index is 1180. The minimum Gasteiger partial charge on any atom is -0.313 e. The van der Waals surface area contributed by atoms with Gasteiger partial charge in [-0.25, -0.2) is 4.98 Å². The number of fused-ring (bicyclic) bond motifs is 2. The summed E-state index contributed by atoms with van der Waals surface area (Å²) < 4.78 is 1.17. The van der Waals surface area contributed by atoms with Gasteiger partial charge in [-0.1, -0.05) is 31.2 Å². The zero-order valence-corrected chi connectivity index (χ0v) is 18.1. The van der Waals surface area contributed by atoms with Crippen LogP contribution in [0.25, 0.3) is 15.8 Å². The molecule has 0 spiro atoms. The third kappa shape index (κ3) is 3.59. The lowest BCUT2D eigenvalue weighted by atomic mass is 9.89. The quantitative estimate of drug-likeness (QED) is 0.741. The summed E-state index contributed by atoms with van der Waals surface area (Å²) in [7, 11) is 0. The van der Waals surface area contributed by atoms with Gasteiger partial charge in [-0.3, -0.25) is 9.69 Å². The second-order valence-electron chi connectivity index (χ2n) is 8.09. The lowest BCUT2D eigenvalue weighted by Crippen LogP contribution is -2.28. The molecule has 0 saturated heterocycles. The second-order valence-corrected chi connectivity index (χ2v) is 9.33. The smallest absolute Gasteiger partial charge is 0.255 e. The number of aryl methyl sites for hydroxylation is 1. The Balaban J connectivity index is 1.51. The molecule has 3 aliphatic rings. The van der Waals surface area contributed by atoms with E-state index in [1.807, 2.05) is 19.2 Å². The highest BCUT2D eigenvalue weighted by Gasteiger charge is 2.23. The van der Waals surface area contributed by atoms with Gasteiger partial charge in [0, 0.05) is 24.5 Å². The Morgan fingerprint density at radius 1 is 1.23 bits per heavy atom. The monoisotopic (exact) mass is 415 g/mol. The summed E-state index contributed by atoms with van der Waals surface area (Å²) >= 11 is 1.70. The van der Waals surface area contributed by atoms with Gasteiger partial charge >= 0.3 is 0 Å². The summed E-state index contributed by atoms with van der Waals surface area (Å²) in [6.07, 6.45) is 14.3. The van der Waals surface area contributed by atoms with E-state index in [4.69, 9.17) is 0 Å². The molecule has 4 nitrogen and oxygen atoms in total. The van der Waals surface area contributed by atoms with E-state index in [2.05, 4.69) is 59.7 Å². The molecule has 4 heterocycles. The van der Waals surface area contributed by atoms with Crippen molar-refractivity contribution in [3.63, 3.8) is 0 Å². The number of carbonyl (C=O) groups excluding carboxylic acids is 1. The van der Waals surface area contributed by atoms with Crippen LogP contribution >= 0.6 is 11.3 Å². The fraction of sp³-hybridized carbons (Fsp3) is 0.280. The molecule has 3 aliphatic heterocycles. The van der Waals surface area contributed by atoms with Crippen molar-refractivity contribution >= 4 is 33.0 Å². The largest absolute Gasteiger partial charge is 0.313 e. The van der Waals surface area contributed by atoms with Crippen molar-refractivity contribution in [2.75, 3.05) is 13.1 Å². The summed E-state index contributed by atoms with van der Waals surface area (Å²) in [5.74, 6) is 0.278. The van der Waals surface area contributed by atoms with Crippen LogP contribution in [0.5, 0.6) is 0 Å². The molecule has 152 valence electrons. The van der Waals surface area contributed by atoms with Gasteiger partial charge in [-0.15, -0.1) is 11.3 Å². The molecule has 1 N–H and O–H groups in total. The average molecular weight is 416 g/mol. The zero-order chi connectivity index (χ0) is 20.7. The van der Waals surface area contributed by atoms with E-state index in [9.17, 15) is 4.79 Å². The predicted octanol–water partition coefficient (Wildman–Crippen LogP) is 5.11. The van der Waals surface area contributed by atoms with Crippen LogP contribution in [0.4, 0.5) is 0 Å². The number of rotatable bonds is 2. The van der Waals surface area contributed by atoms with Crippen LogP contribution in [-0.4, -0.2) is 28.9 Å². The first kappa shape index (κ1) is 19.2. The van der Waals surface area contributed by atoms with Crippen molar-refractivity contribution in [2.24, 2.45) is 5.92 Å². The molecule has 1 aromatic heterocycles. The highest BCUT2D eigenvalue weighted by atomic mass is 32.1.